The summed E-state index contributed by atoms with van der Waals surface area (Å²) in [4.78, 5) is 21.7. The van der Waals surface area contributed by atoms with Gasteiger partial charge in [-0.15, -0.1) is 0 Å². The summed E-state index contributed by atoms with van der Waals surface area (Å²) in [5.41, 5.74) is 0. The monoisotopic (exact) mass is 302 g/mol. The van der Waals surface area contributed by atoms with Gasteiger partial charge in [-0.05, 0) is 0 Å². The Kier molecular flexibility index (Phi) is 51.3. The van der Waals surface area contributed by atoms with E-state index in [0.717, 1.165) is 0 Å². The summed E-state index contributed by atoms with van der Waals surface area (Å²) in [5, 5.41) is 0. The molecule has 0 aliphatic heterocycles. The van der Waals surface area contributed by atoms with Crippen LogP contribution in [-0.2, 0) is 0 Å². The molecule has 0 spiro atoms. The van der Waals surface area contributed by atoms with E-state index in [2.05, 4.69) is 0 Å². The molecule has 0 aromatic carbocycles. The van der Waals surface area contributed by atoms with Crippen LogP contribution in [0.1, 0.15) is 0 Å². The van der Waals surface area contributed by atoms with Gasteiger partial charge in [0.25, 0.3) is 0 Å². The van der Waals surface area contributed by atoms with Gasteiger partial charge in [-0.2, -0.15) is 0 Å². The molecule has 0 rings (SSSR count). The van der Waals surface area contributed by atoms with Crippen LogP contribution in [0.2, 0.25) is 0 Å². The third-order valence-electron chi connectivity index (χ3n) is 0. The first-order valence-corrected chi connectivity index (χ1v) is 1.80. The van der Waals surface area contributed by atoms with Crippen molar-refractivity contribution in [2.75, 3.05) is 0 Å². The van der Waals surface area contributed by atoms with Crippen molar-refractivity contribution in [2.24, 2.45) is 0 Å². The van der Waals surface area contributed by atoms with Crippen LogP contribution >= 0.6 is 8.60 Å². The Morgan fingerprint density at radius 2 is 1.00 bits per heavy atom. The molecule has 0 amide bonds. The van der Waals surface area contributed by atoms with Crippen LogP contribution in [0.4, 0.5) is 0 Å². The van der Waals surface area contributed by atoms with E-state index < -0.39 is 8.60 Å². The molecule has 0 aromatic rings. The molecule has 3 N–H and O–H groups in total. The van der Waals surface area contributed by atoms with E-state index >= 15 is 0 Å². The van der Waals surface area contributed by atoms with Gasteiger partial charge in [0.1, 0.15) is 0 Å². The molecule has 7 heteroatoms. The summed E-state index contributed by atoms with van der Waals surface area (Å²) in [6.45, 7) is 0. The zero-order chi connectivity index (χ0) is 3.58. The van der Waals surface area contributed by atoms with Crippen molar-refractivity contribution < 1.29 is 14.7 Å². The molecule has 0 atom stereocenters. The predicted molar refractivity (Wildman–Crippen MR) is 43.4 cm³/mol. The zero-order valence-electron chi connectivity index (χ0n) is 1.79. The topological polar surface area (TPSA) is 60.7 Å². The molecular weight excluding hydrogens is 290 g/mol. The van der Waals surface area contributed by atoms with Crippen LogP contribution in [0.5, 0.6) is 0 Å². The van der Waals surface area contributed by atoms with Crippen molar-refractivity contribution in [1.82, 2.24) is 0 Å². The zero-order valence-corrected chi connectivity index (χ0v) is 2.68. The first-order valence-electron chi connectivity index (χ1n) is 0.600. The maximum atomic E-state index is 7.23. The van der Waals surface area contributed by atoms with Crippen molar-refractivity contribution in [3.8, 4) is 0 Å². The fourth-order valence-corrected chi connectivity index (χ4v) is 0. The molecule has 7 heavy (non-hydrogen) atoms. The van der Waals surface area contributed by atoms with E-state index in [4.69, 9.17) is 14.7 Å². The van der Waals surface area contributed by atoms with E-state index in [-0.39, 0.29) is 63.0 Å². The fraction of sp³-hybridized carbons (Fsp3) is 0. The summed E-state index contributed by atoms with van der Waals surface area (Å²) >= 11 is 0. The molecule has 0 heterocycles. The van der Waals surface area contributed by atoms with E-state index in [9.17, 15) is 0 Å². The molecular formula is H12AlGaInO3P. The molecule has 44 valence electrons. The van der Waals surface area contributed by atoms with Crippen LogP contribution in [0.15, 0.2) is 0 Å². The van der Waals surface area contributed by atoms with Gasteiger partial charge in [0.15, 0.2) is 17.4 Å². The summed E-state index contributed by atoms with van der Waals surface area (Å²) in [7, 11) is -2.62. The second kappa shape index (κ2) is 15.8. The van der Waals surface area contributed by atoms with Gasteiger partial charge in [0.05, 0.1) is 0 Å². The Morgan fingerprint density at radius 3 is 1.00 bits per heavy atom. The van der Waals surface area contributed by atoms with Crippen molar-refractivity contribution in [2.45, 2.75) is 0 Å². The van der Waals surface area contributed by atoms with Crippen LogP contribution < -0.4 is 0 Å². The van der Waals surface area contributed by atoms with E-state index in [0.29, 0.717) is 0 Å². The molecule has 0 aliphatic carbocycles. The minimum atomic E-state index is -2.62. The molecule has 0 aromatic heterocycles. The molecule has 0 unspecified atom stereocenters. The maximum absolute atomic E-state index is 7.23. The van der Waals surface area contributed by atoms with Crippen molar-refractivity contribution >= 4 is 71.6 Å². The average molecular weight is 303 g/mol. The van der Waals surface area contributed by atoms with E-state index in [1.165, 1.54) is 0 Å². The quantitative estimate of drug-likeness (QED) is 0.313. The first kappa shape index (κ1) is 22.8. The van der Waals surface area contributed by atoms with Gasteiger partial charge >= 0.3 is 54.2 Å². The van der Waals surface area contributed by atoms with Gasteiger partial charge in [0, 0.05) is 0 Å². The third kappa shape index (κ3) is 61.0. The van der Waals surface area contributed by atoms with Crippen LogP contribution in [0.25, 0.3) is 0 Å². The van der Waals surface area contributed by atoms with Gasteiger partial charge < -0.3 is 14.7 Å². The molecule has 0 saturated heterocycles. The fourth-order valence-electron chi connectivity index (χ4n) is 0. The summed E-state index contributed by atoms with van der Waals surface area (Å²) in [5.74, 6) is 0. The Balaban J connectivity index is -0.0000000150. The number of rotatable bonds is 0. The molecule has 3 nitrogen and oxygen atoms in total. The summed E-state index contributed by atoms with van der Waals surface area (Å²) < 4.78 is 0. The summed E-state index contributed by atoms with van der Waals surface area (Å²) in [6.07, 6.45) is 0. The van der Waals surface area contributed by atoms with Crippen LogP contribution in [-0.4, -0.2) is 77.7 Å². The Labute approximate surface area is 85.5 Å². The van der Waals surface area contributed by atoms with Gasteiger partial charge in [0.2, 0.25) is 0 Å². The second-order valence-electron chi connectivity index (χ2n) is 0.268. The second-order valence-corrected chi connectivity index (χ2v) is 0.805. The minimum absolute atomic E-state index is 0. The molecule has 0 saturated carbocycles. The number of hydrogen-bond donors (Lipinski definition) is 3. The van der Waals surface area contributed by atoms with Crippen molar-refractivity contribution in [3.63, 3.8) is 0 Å². The van der Waals surface area contributed by atoms with E-state index in [1.807, 2.05) is 0 Å². The van der Waals surface area contributed by atoms with Crippen LogP contribution in [0.3, 0.4) is 0 Å². The average Bonchev–Trinajstić information content (AvgIpc) is 0.811. The Bertz CT molecular complexity index is 19.7. The van der Waals surface area contributed by atoms with Gasteiger partial charge in [-0.1, -0.05) is 0 Å². The van der Waals surface area contributed by atoms with Crippen molar-refractivity contribution in [3.05, 3.63) is 0 Å². The SMILES string of the molecule is OP(O)O.[AlH3].[GaH3].[InH3]. The van der Waals surface area contributed by atoms with Gasteiger partial charge in [-0.25, -0.2) is 0 Å². The molecule has 0 fully saturated rings. The molecule has 0 bridgehead atoms. The van der Waals surface area contributed by atoms with Gasteiger partial charge in [-0.3, -0.25) is 0 Å². The Hall–Kier alpha value is 2.35. The third-order valence-corrected chi connectivity index (χ3v) is 0. The standard InChI is InChI=1S/Al.Ga.In.H3O3P.9H/c;;;1-4(2)3;;;;;;;;;/h;;;1-3H;;;;;;;;;. The summed E-state index contributed by atoms with van der Waals surface area (Å²) in [6, 6.07) is 0. The Morgan fingerprint density at radius 1 is 1.00 bits per heavy atom. The van der Waals surface area contributed by atoms with E-state index in [1.54, 1.807) is 0 Å². The number of hydrogen-bond acceptors (Lipinski definition) is 3. The first-order chi connectivity index (χ1) is 1.73. The molecule has 0 aliphatic rings. The predicted octanol–water partition coefficient (Wildman–Crippen LogP) is -4.36. The van der Waals surface area contributed by atoms with Crippen LogP contribution in [0, 0.1) is 0 Å². The normalized spacial score (nSPS) is 5.14. The molecule has 0 radical (unpaired) electrons. The van der Waals surface area contributed by atoms with Crippen molar-refractivity contribution in [1.29, 1.82) is 0 Å².